The second kappa shape index (κ2) is 11.8. The maximum atomic E-state index is 14.9. The number of ether oxygens (including phenoxy) is 1. The number of rotatable bonds is 10. The zero-order valence-corrected chi connectivity index (χ0v) is 20.9. The van der Waals surface area contributed by atoms with E-state index in [0.29, 0.717) is 18.0 Å². The van der Waals surface area contributed by atoms with E-state index in [-0.39, 0.29) is 35.3 Å². The number of halogens is 2. The number of likely N-dealkylation sites (N-methyl/N-ethyl adjacent to an activating group) is 1. The van der Waals surface area contributed by atoms with E-state index in [1.807, 2.05) is 29.9 Å². The normalized spacial score (nSPS) is 12.0. The van der Waals surface area contributed by atoms with Crippen LogP contribution in [-0.4, -0.2) is 52.7 Å². The minimum absolute atomic E-state index is 0.0649. The Morgan fingerprint density at radius 3 is 2.58 bits per heavy atom. The summed E-state index contributed by atoms with van der Waals surface area (Å²) in [4.78, 5) is 6.07. The first-order valence-electron chi connectivity index (χ1n) is 11.5. The Bertz CT molecular complexity index is 1210. The van der Waals surface area contributed by atoms with E-state index in [1.165, 1.54) is 12.1 Å². The Morgan fingerprint density at radius 1 is 1.17 bits per heavy atom. The molecule has 3 rings (SSSR count). The molecule has 12 heteroatoms. The Kier molecular flexibility index (Phi) is 8.78. The van der Waals surface area contributed by atoms with Crippen LogP contribution in [0.1, 0.15) is 25.8 Å². The van der Waals surface area contributed by atoms with Crippen LogP contribution in [0.5, 0.6) is 5.75 Å². The number of anilines is 2. The van der Waals surface area contributed by atoms with Gasteiger partial charge in [-0.1, -0.05) is 13.8 Å². The number of benzene rings is 1. The maximum absolute atomic E-state index is 14.9. The van der Waals surface area contributed by atoms with Gasteiger partial charge in [-0.15, -0.1) is 0 Å². The van der Waals surface area contributed by atoms with E-state index < -0.39 is 11.6 Å². The van der Waals surface area contributed by atoms with Gasteiger partial charge in [-0.3, -0.25) is 9.69 Å². The second-order valence-corrected chi connectivity index (χ2v) is 9.02. The highest BCUT2D eigenvalue weighted by molar-refractivity contribution is 6.12. The van der Waals surface area contributed by atoms with E-state index >= 15 is 0 Å². The highest BCUT2D eigenvalue weighted by atomic mass is 19.2. The van der Waals surface area contributed by atoms with Crippen molar-refractivity contribution in [2.24, 2.45) is 22.7 Å². The fraction of sp³-hybridized carbons (Fsp3) is 0.375. The van der Waals surface area contributed by atoms with Crippen molar-refractivity contribution in [3.63, 3.8) is 0 Å². The van der Waals surface area contributed by atoms with E-state index in [1.54, 1.807) is 18.5 Å². The lowest BCUT2D eigenvalue weighted by Crippen LogP contribution is -2.40. The van der Waals surface area contributed by atoms with Gasteiger partial charge in [-0.05, 0) is 44.6 Å². The molecule has 0 spiro atoms. The molecule has 2 aromatic heterocycles. The fourth-order valence-electron chi connectivity index (χ4n) is 3.37. The number of amidine groups is 1. The molecule has 3 aromatic rings. The van der Waals surface area contributed by atoms with E-state index in [2.05, 4.69) is 29.0 Å². The van der Waals surface area contributed by atoms with Crippen molar-refractivity contribution in [3.05, 3.63) is 54.0 Å². The van der Waals surface area contributed by atoms with Crippen molar-refractivity contribution < 1.29 is 13.5 Å². The zero-order valence-electron chi connectivity index (χ0n) is 20.9. The number of hydrazone groups is 1. The van der Waals surface area contributed by atoms with E-state index in [0.717, 1.165) is 23.5 Å². The molecular weight excluding hydrogens is 468 g/mol. The molecule has 0 saturated heterocycles. The highest BCUT2D eigenvalue weighted by Gasteiger charge is 2.23. The van der Waals surface area contributed by atoms with Crippen molar-refractivity contribution in [1.29, 1.82) is 0 Å². The summed E-state index contributed by atoms with van der Waals surface area (Å²) in [5.74, 6) is 9.64. The van der Waals surface area contributed by atoms with Crippen LogP contribution in [0.15, 0.2) is 41.9 Å². The third-order valence-electron chi connectivity index (χ3n) is 5.49. The topological polar surface area (TPSA) is 137 Å². The van der Waals surface area contributed by atoms with Crippen LogP contribution in [0.3, 0.4) is 0 Å². The van der Waals surface area contributed by atoms with Gasteiger partial charge in [0.25, 0.3) is 0 Å². The van der Waals surface area contributed by atoms with E-state index in [4.69, 9.17) is 22.2 Å². The van der Waals surface area contributed by atoms with Crippen molar-refractivity contribution in [2.45, 2.75) is 26.8 Å². The lowest BCUT2D eigenvalue weighted by atomic mass is 10.1. The molecule has 0 unspecified atom stereocenters. The molecule has 0 aliphatic carbocycles. The van der Waals surface area contributed by atoms with Gasteiger partial charge < -0.3 is 21.2 Å². The summed E-state index contributed by atoms with van der Waals surface area (Å²) in [6.45, 7) is 5.79. The summed E-state index contributed by atoms with van der Waals surface area (Å²) >= 11 is 0. The lowest BCUT2D eigenvalue weighted by Gasteiger charge is -2.22. The number of aryl methyl sites for hydroxylation is 1. The molecule has 0 aliphatic heterocycles. The Balaban J connectivity index is 1.88. The highest BCUT2D eigenvalue weighted by Crippen LogP contribution is 2.30. The first-order chi connectivity index (χ1) is 17.1. The summed E-state index contributed by atoms with van der Waals surface area (Å²) in [5, 5.41) is 8.91. The number of nitrogens with two attached hydrogens (primary N) is 3. The van der Waals surface area contributed by atoms with Crippen LogP contribution in [-0.2, 0) is 6.54 Å². The van der Waals surface area contributed by atoms with Gasteiger partial charge in [0.2, 0.25) is 5.82 Å². The summed E-state index contributed by atoms with van der Waals surface area (Å²) < 4.78 is 36.8. The van der Waals surface area contributed by atoms with Crippen molar-refractivity contribution in [1.82, 2.24) is 19.7 Å². The average molecular weight is 502 g/mol. The smallest absolute Gasteiger partial charge is 0.202 e. The zero-order chi connectivity index (χ0) is 26.4. The fourth-order valence-corrected chi connectivity index (χ4v) is 3.37. The second-order valence-electron chi connectivity index (χ2n) is 9.02. The van der Waals surface area contributed by atoms with Gasteiger partial charge in [0, 0.05) is 36.6 Å². The van der Waals surface area contributed by atoms with Gasteiger partial charge in [0.15, 0.2) is 17.4 Å². The Morgan fingerprint density at radius 2 is 1.92 bits per heavy atom. The van der Waals surface area contributed by atoms with Crippen LogP contribution in [0, 0.1) is 17.6 Å². The first-order valence-corrected chi connectivity index (χ1v) is 11.5. The van der Waals surface area contributed by atoms with Gasteiger partial charge in [-0.25, -0.2) is 15.2 Å². The summed E-state index contributed by atoms with van der Waals surface area (Å²) in [6, 6.07) is 4.24. The van der Waals surface area contributed by atoms with Crippen LogP contribution >= 0.6 is 0 Å². The summed E-state index contributed by atoms with van der Waals surface area (Å²) in [5.41, 5.74) is 7.50. The molecule has 6 N–H and O–H groups in total. The molecule has 0 amide bonds. The van der Waals surface area contributed by atoms with Gasteiger partial charge in [0.05, 0.1) is 17.4 Å². The van der Waals surface area contributed by atoms with Gasteiger partial charge >= 0.3 is 0 Å². The minimum Gasteiger partial charge on any atom is -0.489 e. The maximum Gasteiger partial charge on any atom is 0.202 e. The number of hydrazine groups is 1. The van der Waals surface area contributed by atoms with Crippen LogP contribution < -0.4 is 27.2 Å². The number of hydrogen-bond donors (Lipinski definition) is 3. The van der Waals surface area contributed by atoms with Gasteiger partial charge in [-0.2, -0.15) is 14.6 Å². The summed E-state index contributed by atoms with van der Waals surface area (Å²) in [6.07, 6.45) is 6.17. The van der Waals surface area contributed by atoms with Gasteiger partial charge in [0.1, 0.15) is 12.4 Å². The number of nitrogens with zero attached hydrogens (tertiary/aromatic N) is 6. The standard InChI is InChI=1S/C24H33F2N9O/c1-15(2)7-8-34-14-17(13-31-34)16-11-18(23(27)30-12-16)24(32-28)35(29)19-5-6-20(22(26)21(19)25)36-10-9-33(3)4/h5-6,11-15H,7-10,28-29H2,1-4H3,(H2,27,30)/b32-24-. The molecule has 0 saturated carbocycles. The molecule has 0 radical (unpaired) electrons. The minimum atomic E-state index is -1.21. The molecule has 0 atom stereocenters. The third kappa shape index (κ3) is 6.26. The van der Waals surface area contributed by atoms with Crippen LogP contribution in [0.4, 0.5) is 20.3 Å². The quantitative estimate of drug-likeness (QED) is 0.167. The van der Waals surface area contributed by atoms with Crippen LogP contribution in [0.25, 0.3) is 11.1 Å². The number of aromatic nitrogens is 3. The molecular formula is C24H33F2N9O. The molecule has 2 heterocycles. The average Bonchev–Trinajstić information content (AvgIpc) is 3.31. The molecule has 0 fully saturated rings. The van der Waals surface area contributed by atoms with Crippen molar-refractivity contribution in [2.75, 3.05) is 38.0 Å². The van der Waals surface area contributed by atoms with Crippen molar-refractivity contribution >= 4 is 17.3 Å². The number of hydrogen-bond acceptors (Lipinski definition) is 8. The lowest BCUT2D eigenvalue weighted by molar-refractivity contribution is 0.249. The van der Waals surface area contributed by atoms with Crippen LogP contribution in [0.2, 0.25) is 0 Å². The molecule has 194 valence electrons. The first kappa shape index (κ1) is 26.8. The molecule has 0 bridgehead atoms. The predicted molar refractivity (Wildman–Crippen MR) is 137 cm³/mol. The Labute approximate surface area is 209 Å². The molecule has 36 heavy (non-hydrogen) atoms. The number of nitrogen functional groups attached to an aromatic ring is 1. The Hall–Kier alpha value is -3.77. The summed E-state index contributed by atoms with van der Waals surface area (Å²) in [7, 11) is 3.69. The molecule has 0 aliphatic rings. The van der Waals surface area contributed by atoms with Crippen molar-refractivity contribution in [3.8, 4) is 16.9 Å². The largest absolute Gasteiger partial charge is 0.489 e. The van der Waals surface area contributed by atoms with E-state index in [9.17, 15) is 8.78 Å². The monoisotopic (exact) mass is 501 g/mol. The third-order valence-corrected chi connectivity index (χ3v) is 5.49. The molecule has 1 aromatic carbocycles. The molecule has 10 nitrogen and oxygen atoms in total. The number of pyridine rings is 1. The SMILES string of the molecule is CC(C)CCn1cc(-c2cnc(N)c(/C(=N/N)N(N)c3ccc(OCCN(C)C)c(F)c3F)c2)cn1. The predicted octanol–water partition coefficient (Wildman–Crippen LogP) is 2.79.